The van der Waals surface area contributed by atoms with Gasteiger partial charge in [0.25, 0.3) is 0 Å². The van der Waals surface area contributed by atoms with Crippen molar-refractivity contribution < 1.29 is 20.1 Å². The van der Waals surface area contributed by atoms with Crippen molar-refractivity contribution in [3.05, 3.63) is 0 Å². The zero-order chi connectivity index (χ0) is 16.6. The van der Waals surface area contributed by atoms with E-state index in [2.05, 4.69) is 13.8 Å². The van der Waals surface area contributed by atoms with Crippen LogP contribution in [0.25, 0.3) is 0 Å². The van der Waals surface area contributed by atoms with E-state index in [9.17, 15) is 20.1 Å². The van der Waals surface area contributed by atoms with E-state index in [4.69, 9.17) is 0 Å². The predicted molar refractivity (Wildman–Crippen MR) is 85.5 cm³/mol. The molecule has 4 heteroatoms. The lowest BCUT2D eigenvalue weighted by Gasteiger charge is -2.61. The molecule has 23 heavy (non-hydrogen) atoms. The van der Waals surface area contributed by atoms with Crippen LogP contribution in [0.5, 0.6) is 0 Å². The van der Waals surface area contributed by atoms with Crippen LogP contribution < -0.4 is 0 Å². The van der Waals surface area contributed by atoms with E-state index < -0.39 is 12.2 Å². The summed E-state index contributed by atoms with van der Waals surface area (Å²) in [4.78, 5) is 12.2. The second kappa shape index (κ2) is 5.03. The molecule has 0 aromatic carbocycles. The molecule has 4 aliphatic carbocycles. The molecule has 4 saturated carbocycles. The zero-order valence-corrected chi connectivity index (χ0v) is 14.2. The van der Waals surface area contributed by atoms with Gasteiger partial charge in [0.05, 0.1) is 12.2 Å². The summed E-state index contributed by atoms with van der Waals surface area (Å²) in [7, 11) is 0. The van der Waals surface area contributed by atoms with E-state index in [-0.39, 0.29) is 34.6 Å². The number of hydrogen-bond donors (Lipinski definition) is 3. The number of rotatable bonds is 0. The Bertz CT molecular complexity index is 519. The SMILES string of the molecule is C[C@]12CC[C@@H](O)C[C@@H]1C[C@H](O)[C@@H]1[C@@H]2CC[C@]2(C)[C@@H](O)C(=O)C[C@@H]12. The van der Waals surface area contributed by atoms with Crippen molar-refractivity contribution in [2.24, 2.45) is 34.5 Å². The fraction of sp³-hybridized carbons (Fsp3) is 0.947. The van der Waals surface area contributed by atoms with Gasteiger partial charge in [0.2, 0.25) is 0 Å². The second-order valence-corrected chi connectivity index (χ2v) is 9.34. The van der Waals surface area contributed by atoms with Crippen LogP contribution in [0.1, 0.15) is 58.8 Å². The van der Waals surface area contributed by atoms with Gasteiger partial charge in [-0.1, -0.05) is 13.8 Å². The van der Waals surface area contributed by atoms with Crippen LogP contribution in [0.2, 0.25) is 0 Å². The van der Waals surface area contributed by atoms with Crippen molar-refractivity contribution in [1.82, 2.24) is 0 Å². The Morgan fingerprint density at radius 1 is 0.957 bits per heavy atom. The van der Waals surface area contributed by atoms with Gasteiger partial charge in [-0.2, -0.15) is 0 Å². The summed E-state index contributed by atoms with van der Waals surface area (Å²) in [5, 5.41) is 31.3. The first-order valence-electron chi connectivity index (χ1n) is 9.34. The lowest BCUT2D eigenvalue weighted by atomic mass is 9.44. The zero-order valence-electron chi connectivity index (χ0n) is 14.2. The average molecular weight is 322 g/mol. The van der Waals surface area contributed by atoms with E-state index in [0.717, 1.165) is 38.5 Å². The Morgan fingerprint density at radius 3 is 2.39 bits per heavy atom. The van der Waals surface area contributed by atoms with Crippen molar-refractivity contribution in [2.45, 2.75) is 77.1 Å². The molecular weight excluding hydrogens is 292 g/mol. The third-order valence-electron chi connectivity index (χ3n) is 8.44. The highest BCUT2D eigenvalue weighted by Gasteiger charge is 2.64. The first-order chi connectivity index (χ1) is 10.8. The van der Waals surface area contributed by atoms with Gasteiger partial charge in [0.1, 0.15) is 6.10 Å². The Labute approximate surface area is 138 Å². The maximum Gasteiger partial charge on any atom is 0.162 e. The van der Waals surface area contributed by atoms with E-state index in [0.29, 0.717) is 18.3 Å². The first kappa shape index (κ1) is 16.0. The largest absolute Gasteiger partial charge is 0.393 e. The number of fused-ring (bicyclic) bond motifs is 5. The van der Waals surface area contributed by atoms with Gasteiger partial charge in [0.15, 0.2) is 5.78 Å². The number of carbonyl (C=O) groups is 1. The van der Waals surface area contributed by atoms with Crippen LogP contribution in [0.3, 0.4) is 0 Å². The first-order valence-corrected chi connectivity index (χ1v) is 9.34. The molecule has 4 rings (SSSR count). The van der Waals surface area contributed by atoms with Crippen molar-refractivity contribution in [3.63, 3.8) is 0 Å². The van der Waals surface area contributed by atoms with Crippen LogP contribution >= 0.6 is 0 Å². The topological polar surface area (TPSA) is 77.8 Å². The molecule has 4 fully saturated rings. The van der Waals surface area contributed by atoms with E-state index in [1.807, 2.05) is 0 Å². The minimum atomic E-state index is -0.848. The minimum Gasteiger partial charge on any atom is -0.393 e. The Hall–Kier alpha value is -0.450. The number of hydrogen-bond acceptors (Lipinski definition) is 4. The summed E-state index contributed by atoms with van der Waals surface area (Å²) >= 11 is 0. The summed E-state index contributed by atoms with van der Waals surface area (Å²) < 4.78 is 0. The average Bonchev–Trinajstić information content (AvgIpc) is 2.73. The monoisotopic (exact) mass is 322 g/mol. The summed E-state index contributed by atoms with van der Waals surface area (Å²) in [6.45, 7) is 4.40. The standard InChI is InChI=1S/C19H30O4/c1-18-5-3-11(20)7-10(18)8-14(21)16-12(18)4-6-19(2)13(16)9-15(22)17(19)23/h10-14,16-17,20-21,23H,3-9H2,1-2H3/t10-,11-,12+,13+,14+,16-,17+,18+,19+/m1/s1. The quantitative estimate of drug-likeness (QED) is 0.636. The molecular formula is C19H30O4. The molecule has 4 nitrogen and oxygen atoms in total. The summed E-state index contributed by atoms with van der Waals surface area (Å²) in [6, 6.07) is 0. The number of aliphatic hydroxyl groups excluding tert-OH is 3. The third-order valence-corrected chi connectivity index (χ3v) is 8.44. The van der Waals surface area contributed by atoms with E-state index in [1.54, 1.807) is 0 Å². The van der Waals surface area contributed by atoms with Crippen LogP contribution in [0.4, 0.5) is 0 Å². The molecule has 9 atom stereocenters. The van der Waals surface area contributed by atoms with Crippen LogP contribution in [-0.4, -0.2) is 39.4 Å². The molecule has 4 aliphatic rings. The number of carbonyl (C=O) groups excluding carboxylic acids is 1. The van der Waals surface area contributed by atoms with Crippen LogP contribution in [0.15, 0.2) is 0 Å². The molecule has 3 N–H and O–H groups in total. The lowest BCUT2D eigenvalue weighted by Crippen LogP contribution is -2.58. The maximum absolute atomic E-state index is 12.2. The molecule has 0 amide bonds. The van der Waals surface area contributed by atoms with Gasteiger partial charge in [-0.25, -0.2) is 0 Å². The normalized spacial score (nSPS) is 59.2. The van der Waals surface area contributed by atoms with Gasteiger partial charge < -0.3 is 15.3 Å². The second-order valence-electron chi connectivity index (χ2n) is 9.34. The van der Waals surface area contributed by atoms with Crippen molar-refractivity contribution in [3.8, 4) is 0 Å². The molecule has 0 radical (unpaired) electrons. The van der Waals surface area contributed by atoms with Gasteiger partial charge in [-0.05, 0) is 67.6 Å². The Kier molecular flexibility index (Phi) is 3.51. The molecule has 130 valence electrons. The molecule has 0 saturated heterocycles. The third kappa shape index (κ3) is 2.04. The molecule has 0 spiro atoms. The highest BCUT2D eigenvalue weighted by Crippen LogP contribution is 2.65. The molecule has 0 aromatic rings. The molecule has 0 unspecified atom stereocenters. The lowest BCUT2D eigenvalue weighted by molar-refractivity contribution is -0.177. The summed E-state index contributed by atoms with van der Waals surface area (Å²) in [5.74, 6) is 1.01. The molecule has 0 aromatic heterocycles. The Balaban J connectivity index is 1.69. The molecule has 0 heterocycles. The van der Waals surface area contributed by atoms with Gasteiger partial charge in [-0.15, -0.1) is 0 Å². The molecule has 0 aliphatic heterocycles. The smallest absolute Gasteiger partial charge is 0.162 e. The van der Waals surface area contributed by atoms with Crippen molar-refractivity contribution in [1.29, 1.82) is 0 Å². The van der Waals surface area contributed by atoms with E-state index >= 15 is 0 Å². The van der Waals surface area contributed by atoms with Crippen LogP contribution in [0, 0.1) is 34.5 Å². The number of aliphatic hydroxyl groups is 3. The fourth-order valence-electron chi connectivity index (χ4n) is 6.97. The summed E-state index contributed by atoms with van der Waals surface area (Å²) in [6.07, 6.45) is 4.25. The fourth-order valence-corrected chi connectivity index (χ4v) is 6.97. The maximum atomic E-state index is 12.2. The highest BCUT2D eigenvalue weighted by molar-refractivity contribution is 5.86. The number of ketones is 1. The van der Waals surface area contributed by atoms with Crippen LogP contribution in [-0.2, 0) is 4.79 Å². The van der Waals surface area contributed by atoms with Crippen molar-refractivity contribution >= 4 is 5.78 Å². The molecule has 0 bridgehead atoms. The Morgan fingerprint density at radius 2 is 1.65 bits per heavy atom. The van der Waals surface area contributed by atoms with Gasteiger partial charge in [-0.3, -0.25) is 4.79 Å². The minimum absolute atomic E-state index is 0.0308. The highest BCUT2D eigenvalue weighted by atomic mass is 16.3. The van der Waals surface area contributed by atoms with Gasteiger partial charge in [0, 0.05) is 11.8 Å². The summed E-state index contributed by atoms with van der Waals surface area (Å²) in [5.41, 5.74) is -0.183. The van der Waals surface area contributed by atoms with E-state index in [1.165, 1.54) is 0 Å². The predicted octanol–water partition coefficient (Wildman–Crippen LogP) is 1.90. The number of Topliss-reactive ketones (excluding diaryl/α,β-unsaturated/α-hetero) is 1. The van der Waals surface area contributed by atoms with Gasteiger partial charge >= 0.3 is 0 Å². The van der Waals surface area contributed by atoms with Crippen molar-refractivity contribution in [2.75, 3.05) is 0 Å².